The summed E-state index contributed by atoms with van der Waals surface area (Å²) < 4.78 is 0. The van der Waals surface area contributed by atoms with Crippen molar-refractivity contribution in [3.05, 3.63) is 0 Å². The molecule has 2 aliphatic heterocycles. The van der Waals surface area contributed by atoms with Crippen molar-refractivity contribution in [2.24, 2.45) is 0 Å². The maximum absolute atomic E-state index is 11.3. The number of rotatable bonds is 2. The molecule has 3 aliphatic rings. The van der Waals surface area contributed by atoms with Crippen LogP contribution in [0.5, 0.6) is 0 Å². The lowest BCUT2D eigenvalue weighted by molar-refractivity contribution is -0.148. The Morgan fingerprint density at radius 1 is 0.750 bits per heavy atom. The van der Waals surface area contributed by atoms with Gasteiger partial charge >= 0.3 is 0 Å². The molecule has 1 saturated carbocycles. The van der Waals surface area contributed by atoms with Crippen molar-refractivity contribution in [2.75, 3.05) is 13.1 Å². The Morgan fingerprint density at radius 3 is 1.31 bits per heavy atom. The third-order valence-electron chi connectivity index (χ3n) is 4.32. The molecule has 0 aromatic heterocycles. The van der Waals surface area contributed by atoms with Crippen LogP contribution in [0.4, 0.5) is 0 Å². The largest absolute Gasteiger partial charge is 0.339 e. The highest BCUT2D eigenvalue weighted by molar-refractivity contribution is 5.82. The Morgan fingerprint density at radius 2 is 1.12 bits per heavy atom. The number of likely N-dealkylation sites (tertiary alicyclic amines) is 2. The SMILES string of the molecule is O=C1CCN1C1CCC(N2CCC2=O)CC1. The van der Waals surface area contributed by atoms with Gasteiger partial charge in [-0.3, -0.25) is 9.59 Å². The van der Waals surface area contributed by atoms with Crippen molar-refractivity contribution in [3.63, 3.8) is 0 Å². The second-order valence-corrected chi connectivity index (χ2v) is 5.14. The first-order chi connectivity index (χ1) is 7.75. The lowest BCUT2D eigenvalue weighted by Gasteiger charge is -2.46. The molecule has 0 spiro atoms. The molecule has 0 aromatic carbocycles. The fraction of sp³-hybridized carbons (Fsp3) is 0.833. The first-order valence-corrected chi connectivity index (χ1v) is 6.34. The lowest BCUT2D eigenvalue weighted by atomic mass is 9.86. The molecule has 2 amide bonds. The minimum absolute atomic E-state index is 0.323. The van der Waals surface area contributed by atoms with Gasteiger partial charge in [-0.1, -0.05) is 0 Å². The smallest absolute Gasteiger partial charge is 0.224 e. The maximum atomic E-state index is 11.3. The number of carbonyl (C=O) groups is 2. The zero-order valence-corrected chi connectivity index (χ0v) is 9.52. The molecule has 3 fully saturated rings. The molecule has 2 heterocycles. The van der Waals surface area contributed by atoms with E-state index < -0.39 is 0 Å². The van der Waals surface area contributed by atoms with Crippen molar-refractivity contribution >= 4 is 11.8 Å². The normalized spacial score (nSPS) is 34.8. The first-order valence-electron chi connectivity index (χ1n) is 6.34. The van der Waals surface area contributed by atoms with Crippen molar-refractivity contribution in [1.82, 2.24) is 9.80 Å². The minimum Gasteiger partial charge on any atom is -0.339 e. The number of hydrogen-bond donors (Lipinski definition) is 0. The number of nitrogens with zero attached hydrogens (tertiary/aromatic N) is 2. The van der Waals surface area contributed by atoms with Gasteiger partial charge in [0, 0.05) is 38.0 Å². The summed E-state index contributed by atoms with van der Waals surface area (Å²) in [5.74, 6) is 0.645. The molecule has 88 valence electrons. The Hall–Kier alpha value is -1.06. The Bertz CT molecular complexity index is 289. The summed E-state index contributed by atoms with van der Waals surface area (Å²) in [6.45, 7) is 1.91. The molecule has 4 heteroatoms. The Balaban J connectivity index is 1.52. The van der Waals surface area contributed by atoms with E-state index in [2.05, 4.69) is 0 Å². The fourth-order valence-electron chi connectivity index (χ4n) is 3.12. The van der Waals surface area contributed by atoms with E-state index in [1.165, 1.54) is 0 Å². The van der Waals surface area contributed by atoms with Gasteiger partial charge in [0.1, 0.15) is 0 Å². The molecular weight excluding hydrogens is 204 g/mol. The quantitative estimate of drug-likeness (QED) is 0.647. The van der Waals surface area contributed by atoms with Crippen LogP contribution in [-0.4, -0.2) is 46.8 Å². The second kappa shape index (κ2) is 3.75. The van der Waals surface area contributed by atoms with Gasteiger partial charge in [0.25, 0.3) is 0 Å². The number of β-lactam (4-membered cyclic amide) rings is 2. The van der Waals surface area contributed by atoms with Gasteiger partial charge in [0.15, 0.2) is 0 Å². The van der Waals surface area contributed by atoms with Crippen LogP contribution >= 0.6 is 0 Å². The van der Waals surface area contributed by atoms with Crippen molar-refractivity contribution < 1.29 is 9.59 Å². The summed E-state index contributed by atoms with van der Waals surface area (Å²) >= 11 is 0. The van der Waals surface area contributed by atoms with Gasteiger partial charge in [-0.25, -0.2) is 0 Å². The predicted molar refractivity (Wildman–Crippen MR) is 58.7 cm³/mol. The van der Waals surface area contributed by atoms with Crippen LogP contribution in [0.3, 0.4) is 0 Å². The van der Waals surface area contributed by atoms with E-state index >= 15 is 0 Å². The summed E-state index contributed by atoms with van der Waals surface area (Å²) in [5.41, 5.74) is 0. The summed E-state index contributed by atoms with van der Waals surface area (Å²) in [5, 5.41) is 0. The van der Waals surface area contributed by atoms with Gasteiger partial charge in [-0.15, -0.1) is 0 Å². The van der Waals surface area contributed by atoms with E-state index in [0.29, 0.717) is 23.9 Å². The standard InChI is InChI=1S/C12H18N2O2/c15-11-5-7-13(11)9-1-2-10(4-3-9)14-8-6-12(14)16/h9-10H,1-8H2. The summed E-state index contributed by atoms with van der Waals surface area (Å²) in [6, 6.07) is 0.933. The third kappa shape index (κ3) is 1.51. The highest BCUT2D eigenvalue weighted by Gasteiger charge is 2.37. The van der Waals surface area contributed by atoms with E-state index in [4.69, 9.17) is 0 Å². The van der Waals surface area contributed by atoms with Crippen molar-refractivity contribution in [2.45, 2.75) is 50.6 Å². The summed E-state index contributed by atoms with van der Waals surface area (Å²) in [6.07, 6.45) is 5.82. The van der Waals surface area contributed by atoms with Crippen LogP contribution in [0.2, 0.25) is 0 Å². The van der Waals surface area contributed by atoms with Crippen LogP contribution in [0, 0.1) is 0 Å². The van der Waals surface area contributed by atoms with Crippen LogP contribution < -0.4 is 0 Å². The summed E-state index contributed by atoms with van der Waals surface area (Å²) in [7, 11) is 0. The molecular formula is C12H18N2O2. The molecule has 0 aromatic rings. The molecule has 0 unspecified atom stereocenters. The number of hydrogen-bond acceptors (Lipinski definition) is 2. The molecule has 0 bridgehead atoms. The molecule has 16 heavy (non-hydrogen) atoms. The third-order valence-corrected chi connectivity index (χ3v) is 4.32. The van der Waals surface area contributed by atoms with Crippen molar-refractivity contribution in [1.29, 1.82) is 0 Å². The van der Waals surface area contributed by atoms with Crippen LogP contribution in [0.25, 0.3) is 0 Å². The van der Waals surface area contributed by atoms with Gasteiger partial charge < -0.3 is 9.80 Å². The monoisotopic (exact) mass is 222 g/mol. The average Bonchev–Trinajstić information content (AvgIpc) is 2.27. The van der Waals surface area contributed by atoms with Gasteiger partial charge in [0.2, 0.25) is 11.8 Å². The molecule has 2 saturated heterocycles. The average molecular weight is 222 g/mol. The maximum Gasteiger partial charge on any atom is 0.224 e. The van der Waals surface area contributed by atoms with Crippen molar-refractivity contribution in [3.8, 4) is 0 Å². The first kappa shape index (κ1) is 10.1. The zero-order chi connectivity index (χ0) is 11.1. The highest BCUT2D eigenvalue weighted by atomic mass is 16.2. The minimum atomic E-state index is 0.323. The molecule has 0 N–H and O–H groups in total. The van der Waals surface area contributed by atoms with E-state index in [1.807, 2.05) is 9.80 Å². The molecule has 1 aliphatic carbocycles. The molecule has 3 rings (SSSR count). The van der Waals surface area contributed by atoms with Crippen LogP contribution in [0.15, 0.2) is 0 Å². The predicted octanol–water partition coefficient (Wildman–Crippen LogP) is 0.762. The zero-order valence-electron chi connectivity index (χ0n) is 9.52. The lowest BCUT2D eigenvalue weighted by Crippen LogP contribution is -2.55. The number of carbonyl (C=O) groups excluding carboxylic acids is 2. The molecule has 0 radical (unpaired) electrons. The summed E-state index contributed by atoms with van der Waals surface area (Å²) in [4.78, 5) is 26.7. The van der Waals surface area contributed by atoms with Crippen LogP contribution in [-0.2, 0) is 9.59 Å². The van der Waals surface area contributed by atoms with E-state index in [-0.39, 0.29) is 0 Å². The van der Waals surface area contributed by atoms with E-state index in [1.54, 1.807) is 0 Å². The molecule has 4 nitrogen and oxygen atoms in total. The van der Waals surface area contributed by atoms with E-state index in [0.717, 1.165) is 51.6 Å². The Kier molecular flexibility index (Phi) is 2.37. The molecule has 0 atom stereocenters. The fourth-order valence-corrected chi connectivity index (χ4v) is 3.12. The topological polar surface area (TPSA) is 40.6 Å². The van der Waals surface area contributed by atoms with Gasteiger partial charge in [0.05, 0.1) is 0 Å². The van der Waals surface area contributed by atoms with Gasteiger partial charge in [-0.05, 0) is 25.7 Å². The highest BCUT2D eigenvalue weighted by Crippen LogP contribution is 2.31. The Labute approximate surface area is 95.6 Å². The van der Waals surface area contributed by atoms with Crippen LogP contribution in [0.1, 0.15) is 38.5 Å². The number of amides is 2. The van der Waals surface area contributed by atoms with Gasteiger partial charge in [-0.2, -0.15) is 0 Å². The van der Waals surface area contributed by atoms with E-state index in [9.17, 15) is 9.59 Å². The second-order valence-electron chi connectivity index (χ2n) is 5.14.